The van der Waals surface area contributed by atoms with Gasteiger partial charge in [-0.3, -0.25) is 0 Å². The first-order chi connectivity index (χ1) is 42.6. The van der Waals surface area contributed by atoms with E-state index in [4.69, 9.17) is 0 Å². The first kappa shape index (κ1) is 61.2. The summed E-state index contributed by atoms with van der Waals surface area (Å²) in [6.07, 6.45) is 14.3. The highest BCUT2D eigenvalue weighted by atomic mass is 15.3. The minimum absolute atomic E-state index is 0.00832. The summed E-state index contributed by atoms with van der Waals surface area (Å²) in [7, 11) is 0. The molecule has 0 aromatic heterocycles. The molecule has 3 nitrogen and oxygen atoms in total. The fourth-order valence-electron chi connectivity index (χ4n) is 21.9. The predicted octanol–water partition coefficient (Wildman–Crippen LogP) is 22.9. The molecule has 3 aliphatic heterocycles. The van der Waals surface area contributed by atoms with Gasteiger partial charge in [0.2, 0.25) is 6.71 Å². The summed E-state index contributed by atoms with van der Waals surface area (Å²) in [6, 6.07) is 37.3. The molecule has 0 amide bonds. The summed E-state index contributed by atoms with van der Waals surface area (Å²) in [6.45, 7) is 61.5. The Morgan fingerprint density at radius 2 is 0.728 bits per heavy atom. The summed E-state index contributed by atoms with van der Waals surface area (Å²) in [5.74, 6) is 0. The molecule has 1 fully saturated rings. The minimum atomic E-state index is -0.370. The lowest BCUT2D eigenvalue weighted by molar-refractivity contribution is 0.195. The molecule has 0 saturated heterocycles. The molecule has 3 heterocycles. The minimum Gasteiger partial charge on any atom is -0.334 e. The predicted molar refractivity (Wildman–Crippen MR) is 395 cm³/mol. The third kappa shape index (κ3) is 7.71. The quantitative estimate of drug-likeness (QED) is 0.164. The Morgan fingerprint density at radius 3 is 1.22 bits per heavy atom. The molecule has 10 aliphatic rings. The number of rotatable bonds is 3. The molecule has 480 valence electrons. The second kappa shape index (κ2) is 18.2. The van der Waals surface area contributed by atoms with Crippen molar-refractivity contribution in [2.75, 3.05) is 14.7 Å². The van der Waals surface area contributed by atoms with Gasteiger partial charge in [0.15, 0.2) is 0 Å². The zero-order chi connectivity index (χ0) is 65.7. The molecular formula is C88H110BN3. The Balaban J connectivity index is 1.12. The Hall–Kier alpha value is -5.74. The van der Waals surface area contributed by atoms with Gasteiger partial charge in [0.25, 0.3) is 0 Å². The SMILES string of the molecule is Cc1cc2c(cc1N1C3=C(B4C5=C(N(c6cc7c(cc6C)C(C)(C)CCC7(C)C)c6cc(N7c8ccccc8C8(C)CCCCC78C)cc1c64)C(C)(C)c1cc4c(cc15)C(C)(C)CCC4(C)C)C(C)(C)c1cc4c(cc13)C(C)(C)CCC4(C)C)C(C)(C)CCC2(C)C. The van der Waals surface area contributed by atoms with Crippen molar-refractivity contribution in [1.82, 2.24) is 0 Å². The normalized spacial score (nSPS) is 27.2. The molecule has 4 heteroatoms. The van der Waals surface area contributed by atoms with Crippen molar-refractivity contribution in [3.63, 3.8) is 0 Å². The van der Waals surface area contributed by atoms with Gasteiger partial charge in [0.05, 0.1) is 5.54 Å². The van der Waals surface area contributed by atoms with Crippen molar-refractivity contribution in [3.8, 4) is 0 Å². The van der Waals surface area contributed by atoms with E-state index in [1.807, 2.05) is 0 Å². The maximum atomic E-state index is 2.97. The van der Waals surface area contributed by atoms with Crippen molar-refractivity contribution >= 4 is 57.5 Å². The standard InChI is InChI=1S/C88H110BN3/c1-51-41-59-65(83(15,16)39-33-77(59,3)4)49-68(51)90-70-43-53(92-67-30-26-25-29-56(67)87(23)31-27-28-32-88(87,92)24)44-71-73(70)89(75-74(90)55-46-62-64(48-58(55)85(75,19)20)82(13,14)38-36-80(62,9)10)72-54-45-61-63(81(11,12)37-35-79(61,7)8)47-57(54)86(21,22)76(72)91(71)69-50-66-60(42-52(69)2)78(5,6)34-40-84(66,17)18/h25-26,29-30,41-50H,27-28,31-40H2,1-24H3. The largest absolute Gasteiger partial charge is 0.334 e. The van der Waals surface area contributed by atoms with E-state index < -0.39 is 0 Å². The van der Waals surface area contributed by atoms with E-state index in [9.17, 15) is 0 Å². The molecule has 16 rings (SSSR count). The number of benzene rings is 6. The van der Waals surface area contributed by atoms with Gasteiger partial charge in [-0.1, -0.05) is 212 Å². The lowest BCUT2D eigenvalue weighted by Crippen LogP contribution is -2.55. The zero-order valence-corrected chi connectivity index (χ0v) is 61.5. The number of hydrogen-bond acceptors (Lipinski definition) is 3. The highest BCUT2D eigenvalue weighted by Crippen LogP contribution is 2.68. The number of nitrogens with zero attached hydrogens (tertiary/aromatic N) is 3. The number of fused-ring (bicyclic) bond motifs is 13. The van der Waals surface area contributed by atoms with Crippen LogP contribution in [0, 0.1) is 13.8 Å². The Labute approximate surface area is 556 Å². The van der Waals surface area contributed by atoms with E-state index in [0.29, 0.717) is 0 Å². The summed E-state index contributed by atoms with van der Waals surface area (Å²) >= 11 is 0. The molecule has 1 saturated carbocycles. The lowest BCUT2D eigenvalue weighted by atomic mass is 9.29. The summed E-state index contributed by atoms with van der Waals surface area (Å²) in [4.78, 5) is 8.85. The number of hydrogen-bond donors (Lipinski definition) is 0. The highest BCUT2D eigenvalue weighted by molar-refractivity contribution is 7.00. The van der Waals surface area contributed by atoms with Crippen LogP contribution in [-0.4, -0.2) is 12.3 Å². The molecule has 2 atom stereocenters. The summed E-state index contributed by atoms with van der Waals surface area (Å²) < 4.78 is 0. The van der Waals surface area contributed by atoms with Gasteiger partial charge in [-0.2, -0.15) is 0 Å². The lowest BCUT2D eigenvalue weighted by Gasteiger charge is -2.52. The van der Waals surface area contributed by atoms with Gasteiger partial charge in [0, 0.05) is 67.3 Å². The molecule has 0 bridgehead atoms. The van der Waals surface area contributed by atoms with Gasteiger partial charge in [-0.15, -0.1) is 0 Å². The van der Waals surface area contributed by atoms with Crippen LogP contribution in [0.4, 0.5) is 34.1 Å². The van der Waals surface area contributed by atoms with Crippen LogP contribution in [0.1, 0.15) is 313 Å². The number of allylic oxidation sites excluding steroid dienone is 2. The molecule has 7 aliphatic carbocycles. The van der Waals surface area contributed by atoms with E-state index >= 15 is 0 Å². The maximum Gasteiger partial charge on any atom is 0.249 e. The Bertz CT molecular complexity index is 4380. The fourth-order valence-corrected chi connectivity index (χ4v) is 21.9. The molecule has 6 aromatic carbocycles. The third-order valence-electron chi connectivity index (χ3n) is 28.7. The van der Waals surface area contributed by atoms with Crippen LogP contribution in [-0.2, 0) is 59.6 Å². The molecule has 0 N–H and O–H groups in total. The first-order valence-corrected chi connectivity index (χ1v) is 36.5. The Kier molecular flexibility index (Phi) is 12.1. The van der Waals surface area contributed by atoms with E-state index in [1.54, 1.807) is 33.2 Å². The van der Waals surface area contributed by atoms with Crippen LogP contribution >= 0.6 is 0 Å². The van der Waals surface area contributed by atoms with Gasteiger partial charge < -0.3 is 14.7 Å². The van der Waals surface area contributed by atoms with Crippen molar-refractivity contribution in [2.45, 2.75) is 308 Å². The maximum absolute atomic E-state index is 2.97. The third-order valence-corrected chi connectivity index (χ3v) is 28.7. The topological polar surface area (TPSA) is 9.72 Å². The van der Waals surface area contributed by atoms with Crippen LogP contribution in [0.15, 0.2) is 96.1 Å². The Morgan fingerprint density at radius 1 is 0.337 bits per heavy atom. The van der Waals surface area contributed by atoms with E-state index in [-0.39, 0.29) is 71.8 Å². The van der Waals surface area contributed by atoms with Crippen molar-refractivity contribution in [3.05, 3.63) is 180 Å². The fraction of sp³-hybridized carbons (Fsp3) is 0.545. The number of aryl methyl sites for hydroxylation is 2. The molecule has 92 heavy (non-hydrogen) atoms. The van der Waals surface area contributed by atoms with E-state index in [1.165, 1.54) is 183 Å². The summed E-state index contributed by atoms with van der Waals surface area (Å²) in [5.41, 5.74) is 37.7. The monoisotopic (exact) mass is 1220 g/mol. The average molecular weight is 1220 g/mol. The second-order valence-electron chi connectivity index (χ2n) is 38.8. The summed E-state index contributed by atoms with van der Waals surface area (Å²) in [5, 5.41) is 0. The van der Waals surface area contributed by atoms with Crippen LogP contribution < -0.4 is 20.2 Å². The van der Waals surface area contributed by atoms with Gasteiger partial charge in [-0.25, -0.2) is 0 Å². The van der Waals surface area contributed by atoms with Crippen LogP contribution in [0.2, 0.25) is 0 Å². The molecule has 6 aromatic rings. The van der Waals surface area contributed by atoms with E-state index in [0.717, 1.165) is 6.42 Å². The van der Waals surface area contributed by atoms with Crippen LogP contribution in [0.5, 0.6) is 0 Å². The molecule has 2 unspecified atom stereocenters. The van der Waals surface area contributed by atoms with Crippen molar-refractivity contribution < 1.29 is 0 Å². The first-order valence-electron chi connectivity index (χ1n) is 36.5. The number of anilines is 6. The van der Waals surface area contributed by atoms with Crippen LogP contribution in [0.25, 0.3) is 11.2 Å². The second-order valence-corrected chi connectivity index (χ2v) is 38.8. The van der Waals surface area contributed by atoms with Crippen molar-refractivity contribution in [2.24, 2.45) is 0 Å². The van der Waals surface area contributed by atoms with Gasteiger partial charge in [0.1, 0.15) is 0 Å². The molecule has 0 radical (unpaired) electrons. The van der Waals surface area contributed by atoms with Crippen LogP contribution in [0.3, 0.4) is 0 Å². The average Bonchev–Trinajstić information content (AvgIpc) is 1.45. The highest BCUT2D eigenvalue weighted by Gasteiger charge is 2.62. The number of para-hydroxylation sites is 1. The van der Waals surface area contributed by atoms with Crippen molar-refractivity contribution in [1.29, 1.82) is 0 Å². The van der Waals surface area contributed by atoms with Gasteiger partial charge >= 0.3 is 0 Å². The van der Waals surface area contributed by atoms with E-state index in [2.05, 4.69) is 266 Å². The smallest absolute Gasteiger partial charge is 0.249 e. The zero-order valence-electron chi connectivity index (χ0n) is 61.5. The van der Waals surface area contributed by atoms with Gasteiger partial charge in [-0.05, 0) is 254 Å². The molecule has 0 spiro atoms. The molecular weight excluding hydrogens is 1110 g/mol.